The number of carbonyl (C=O) groups excluding carboxylic acids is 3. The van der Waals surface area contributed by atoms with Gasteiger partial charge in [0.15, 0.2) is 22.8 Å². The molecule has 32 heavy (non-hydrogen) atoms. The molecule has 1 N–H and O–H groups in total. The molecule has 0 aromatic heterocycles. The van der Waals surface area contributed by atoms with E-state index in [0.29, 0.717) is 24.8 Å². The first-order chi connectivity index (χ1) is 14.9. The minimum absolute atomic E-state index is 0.0285. The Morgan fingerprint density at radius 2 is 2.00 bits per heavy atom. The number of halogens is 2. The average Bonchev–Trinajstić information content (AvgIpc) is 2.96. The molecule has 4 rings (SSSR count). The highest BCUT2D eigenvalue weighted by atomic mass is 35.5. The van der Waals surface area contributed by atoms with Gasteiger partial charge in [0.25, 0.3) is 0 Å². The Bertz CT molecular complexity index is 929. The number of fused-ring (bicyclic) bond motifs is 5. The van der Waals surface area contributed by atoms with Crippen LogP contribution in [0.5, 0.6) is 0 Å². The Kier molecular flexibility index (Phi) is 5.53. The van der Waals surface area contributed by atoms with E-state index in [-0.39, 0.29) is 42.1 Å². The van der Waals surface area contributed by atoms with Crippen molar-refractivity contribution in [1.29, 1.82) is 0 Å². The van der Waals surface area contributed by atoms with E-state index < -0.39 is 40.1 Å². The fraction of sp³-hybridized carbons (Fsp3) is 0.720. The van der Waals surface area contributed by atoms with E-state index in [9.17, 15) is 19.5 Å². The van der Waals surface area contributed by atoms with Crippen molar-refractivity contribution in [2.24, 2.45) is 28.6 Å². The van der Waals surface area contributed by atoms with Crippen molar-refractivity contribution in [1.82, 2.24) is 0 Å². The summed E-state index contributed by atoms with van der Waals surface area (Å²) in [4.78, 5) is 37.7. The summed E-state index contributed by atoms with van der Waals surface area (Å²) < 4.78 is 23.1. The number of aliphatic hydroxyl groups is 1. The molecule has 0 aromatic carbocycles. The Hall–Kier alpha value is -1.53. The maximum Gasteiger partial charge on any atom is 0.306 e. The maximum atomic E-state index is 17.2. The highest BCUT2D eigenvalue weighted by Gasteiger charge is 2.77. The molecule has 7 heteroatoms. The molecule has 0 aromatic rings. The number of hydrogen-bond donors (Lipinski definition) is 1. The third kappa shape index (κ3) is 2.68. The minimum atomic E-state index is -1.99. The van der Waals surface area contributed by atoms with E-state index in [0.717, 1.165) is 0 Å². The van der Waals surface area contributed by atoms with Gasteiger partial charge in [-0.2, -0.15) is 0 Å². The van der Waals surface area contributed by atoms with Crippen molar-refractivity contribution < 1.29 is 28.6 Å². The molecule has 0 bridgehead atoms. The number of rotatable bonds is 4. The lowest BCUT2D eigenvalue weighted by molar-refractivity contribution is -0.227. The first kappa shape index (κ1) is 23.6. The monoisotopic (exact) mass is 466 g/mol. The summed E-state index contributed by atoms with van der Waals surface area (Å²) >= 11 is 6.01. The van der Waals surface area contributed by atoms with E-state index in [1.807, 2.05) is 13.8 Å². The molecule has 0 aliphatic heterocycles. The van der Waals surface area contributed by atoms with Crippen LogP contribution in [0.25, 0.3) is 0 Å². The van der Waals surface area contributed by atoms with Crippen LogP contribution >= 0.6 is 11.6 Å². The summed E-state index contributed by atoms with van der Waals surface area (Å²) in [6.07, 6.45) is 4.67. The first-order valence-corrected chi connectivity index (χ1v) is 12.1. The van der Waals surface area contributed by atoms with Crippen molar-refractivity contribution in [3.05, 3.63) is 23.8 Å². The molecule has 3 saturated carbocycles. The zero-order valence-corrected chi connectivity index (χ0v) is 19.9. The summed E-state index contributed by atoms with van der Waals surface area (Å²) in [6.45, 7) is 7.13. The second-order valence-corrected chi connectivity index (χ2v) is 10.8. The van der Waals surface area contributed by atoms with Gasteiger partial charge in [-0.15, -0.1) is 11.6 Å². The van der Waals surface area contributed by atoms with Crippen LogP contribution in [-0.4, -0.2) is 45.9 Å². The summed E-state index contributed by atoms with van der Waals surface area (Å²) in [5.74, 6) is -2.57. The third-order valence-electron chi connectivity index (χ3n) is 9.28. The fourth-order valence-electron chi connectivity index (χ4n) is 7.75. The Morgan fingerprint density at radius 1 is 1.31 bits per heavy atom. The number of Topliss-reactive ketones (excluding diaryl/α,β-unsaturated/α-hetero) is 1. The molecule has 4 aliphatic carbocycles. The van der Waals surface area contributed by atoms with Crippen molar-refractivity contribution in [3.63, 3.8) is 0 Å². The van der Waals surface area contributed by atoms with Crippen molar-refractivity contribution in [2.75, 3.05) is 5.88 Å². The number of aliphatic hydroxyl groups excluding tert-OH is 1. The second kappa shape index (κ2) is 7.49. The molecule has 3 fully saturated rings. The van der Waals surface area contributed by atoms with Crippen molar-refractivity contribution in [3.8, 4) is 0 Å². The number of esters is 1. The minimum Gasteiger partial charge on any atom is -0.450 e. The van der Waals surface area contributed by atoms with E-state index >= 15 is 4.39 Å². The van der Waals surface area contributed by atoms with Gasteiger partial charge in [-0.1, -0.05) is 32.4 Å². The first-order valence-electron chi connectivity index (χ1n) is 11.5. The van der Waals surface area contributed by atoms with Crippen LogP contribution < -0.4 is 0 Å². The lowest BCUT2D eigenvalue weighted by Crippen LogP contribution is -2.70. The quantitative estimate of drug-likeness (QED) is 0.498. The van der Waals surface area contributed by atoms with Crippen LogP contribution in [-0.2, 0) is 19.1 Å². The van der Waals surface area contributed by atoms with Gasteiger partial charge in [0.2, 0.25) is 0 Å². The number of carbonyl (C=O) groups is 3. The van der Waals surface area contributed by atoms with E-state index in [1.54, 1.807) is 19.9 Å². The SMILES string of the molecule is CCC(=O)O[C@@]1(C(=O)CCl)[C@@H](C)C[C@H]2[C@@H]3CCC4=CC(=O)C=C[C@]4(C)[C@@]3(F)[C@@H](O)C[C@@]21C. The van der Waals surface area contributed by atoms with Gasteiger partial charge < -0.3 is 9.84 Å². The fourth-order valence-corrected chi connectivity index (χ4v) is 7.95. The van der Waals surface area contributed by atoms with Crippen molar-refractivity contribution >= 4 is 29.1 Å². The lowest BCUT2D eigenvalue weighted by atomic mass is 9.44. The Labute approximate surface area is 193 Å². The van der Waals surface area contributed by atoms with Crippen LogP contribution in [0, 0.1) is 28.6 Å². The zero-order valence-electron chi connectivity index (χ0n) is 19.1. The predicted molar refractivity (Wildman–Crippen MR) is 118 cm³/mol. The van der Waals surface area contributed by atoms with Crippen LogP contribution in [0.1, 0.15) is 59.8 Å². The van der Waals surface area contributed by atoms with Gasteiger partial charge in [0.1, 0.15) is 0 Å². The standard InChI is InChI=1S/C25H32ClFO5/c1-5-21(31)32-25(20(30)13-26)14(2)10-18-17-7-6-15-11-16(28)8-9-22(15,3)24(17,27)19(29)12-23(18,25)4/h8-9,11,14,17-19,29H,5-7,10,12-13H2,1-4H3/t14-,17-,18-,19-,22-,23-,24-,25+/m0/s1. The van der Waals surface area contributed by atoms with Gasteiger partial charge in [-0.05, 0) is 50.7 Å². The molecule has 4 aliphatic rings. The molecule has 0 saturated heterocycles. The smallest absolute Gasteiger partial charge is 0.306 e. The molecule has 0 spiro atoms. The predicted octanol–water partition coefficient (Wildman–Crippen LogP) is 4.10. The molecular formula is C25H32ClFO5. The topological polar surface area (TPSA) is 80.7 Å². The second-order valence-electron chi connectivity index (χ2n) is 10.5. The Balaban J connectivity index is 1.85. The van der Waals surface area contributed by atoms with E-state index in [1.165, 1.54) is 12.2 Å². The number of alkyl halides is 2. The van der Waals surface area contributed by atoms with Gasteiger partial charge in [-0.3, -0.25) is 14.4 Å². The molecule has 176 valence electrons. The van der Waals surface area contributed by atoms with Crippen LogP contribution in [0.2, 0.25) is 0 Å². The molecule has 8 atom stereocenters. The normalized spacial score (nSPS) is 47.2. The summed E-state index contributed by atoms with van der Waals surface area (Å²) in [5, 5.41) is 11.4. The molecule has 5 nitrogen and oxygen atoms in total. The van der Waals surface area contributed by atoms with E-state index in [2.05, 4.69) is 0 Å². The van der Waals surface area contributed by atoms with Crippen molar-refractivity contribution in [2.45, 2.75) is 77.2 Å². The van der Waals surface area contributed by atoms with E-state index in [4.69, 9.17) is 16.3 Å². The summed E-state index contributed by atoms with van der Waals surface area (Å²) in [7, 11) is 0. The zero-order chi connectivity index (χ0) is 23.7. The Morgan fingerprint density at radius 3 is 2.62 bits per heavy atom. The number of ether oxygens (including phenoxy) is 1. The highest BCUT2D eigenvalue weighted by molar-refractivity contribution is 6.29. The summed E-state index contributed by atoms with van der Waals surface area (Å²) in [6, 6.07) is 0. The molecule has 0 unspecified atom stereocenters. The highest BCUT2D eigenvalue weighted by Crippen LogP contribution is 2.71. The molecule has 0 amide bonds. The van der Waals surface area contributed by atoms with Crippen LogP contribution in [0.3, 0.4) is 0 Å². The lowest BCUT2D eigenvalue weighted by Gasteiger charge is -2.62. The summed E-state index contributed by atoms with van der Waals surface area (Å²) in [5.41, 5.74) is -4.83. The number of ketones is 2. The third-order valence-corrected chi connectivity index (χ3v) is 9.52. The molecule has 0 heterocycles. The van der Waals surface area contributed by atoms with Crippen LogP contribution in [0.4, 0.5) is 4.39 Å². The van der Waals surface area contributed by atoms with Crippen LogP contribution in [0.15, 0.2) is 23.8 Å². The average molecular weight is 467 g/mol. The largest absolute Gasteiger partial charge is 0.450 e. The number of allylic oxidation sites excluding steroid dienone is 4. The molecular weight excluding hydrogens is 435 g/mol. The van der Waals surface area contributed by atoms with Gasteiger partial charge in [0.05, 0.1) is 12.0 Å². The maximum absolute atomic E-state index is 17.2. The molecule has 0 radical (unpaired) electrons. The van der Waals surface area contributed by atoms with Gasteiger partial charge in [0, 0.05) is 29.1 Å². The number of hydrogen-bond acceptors (Lipinski definition) is 5. The van der Waals surface area contributed by atoms with Gasteiger partial charge in [-0.25, -0.2) is 4.39 Å². The van der Waals surface area contributed by atoms with Gasteiger partial charge >= 0.3 is 5.97 Å².